The van der Waals surface area contributed by atoms with E-state index >= 15 is 0 Å². The molecular weight excluding hydrogens is 224 g/mol. The molecule has 0 heterocycles. The lowest BCUT2D eigenvalue weighted by Gasteiger charge is -2.27. The van der Waals surface area contributed by atoms with E-state index in [0.29, 0.717) is 12.1 Å². The second-order valence-electron chi connectivity index (χ2n) is 5.28. The molecule has 1 aliphatic carbocycles. The summed E-state index contributed by atoms with van der Waals surface area (Å²) in [6.07, 6.45) is 6.37. The van der Waals surface area contributed by atoms with Crippen LogP contribution < -0.4 is 11.1 Å². The third kappa shape index (κ3) is 4.00. The van der Waals surface area contributed by atoms with Gasteiger partial charge in [0.15, 0.2) is 0 Å². The Bertz CT molecular complexity index is 359. The third-order valence-electron chi connectivity index (χ3n) is 3.69. The first-order chi connectivity index (χ1) is 8.78. The number of aliphatic hydroxyl groups excluding tert-OH is 1. The van der Waals surface area contributed by atoms with E-state index in [1.165, 1.54) is 24.1 Å². The highest BCUT2D eigenvalue weighted by Crippen LogP contribution is 2.22. The summed E-state index contributed by atoms with van der Waals surface area (Å²) in [5.41, 5.74) is 8.41. The molecular formula is C15H24N2O. The monoisotopic (exact) mass is 248 g/mol. The van der Waals surface area contributed by atoms with Gasteiger partial charge in [-0.05, 0) is 56.2 Å². The molecule has 4 N–H and O–H groups in total. The first-order valence-corrected chi connectivity index (χ1v) is 7.00. The van der Waals surface area contributed by atoms with E-state index in [-0.39, 0.29) is 6.61 Å². The second-order valence-corrected chi connectivity index (χ2v) is 5.28. The van der Waals surface area contributed by atoms with Crippen molar-refractivity contribution in [2.24, 2.45) is 5.73 Å². The molecule has 1 fully saturated rings. The number of hydrogen-bond donors (Lipinski definition) is 3. The van der Waals surface area contributed by atoms with Gasteiger partial charge in [-0.2, -0.15) is 0 Å². The fourth-order valence-electron chi connectivity index (χ4n) is 2.60. The van der Waals surface area contributed by atoms with Crippen LogP contribution in [0.15, 0.2) is 24.3 Å². The Balaban J connectivity index is 1.88. The van der Waals surface area contributed by atoms with E-state index < -0.39 is 0 Å². The number of aryl methyl sites for hydroxylation is 1. The molecule has 0 aliphatic heterocycles. The summed E-state index contributed by atoms with van der Waals surface area (Å²) in [6.45, 7) is 0.262. The summed E-state index contributed by atoms with van der Waals surface area (Å²) >= 11 is 0. The predicted octanol–water partition coefficient (Wildman–Crippen LogP) is 2.29. The number of nitrogens with one attached hydrogen (secondary N) is 1. The van der Waals surface area contributed by atoms with Crippen molar-refractivity contribution in [2.45, 2.75) is 50.6 Å². The van der Waals surface area contributed by atoms with Crippen molar-refractivity contribution in [3.63, 3.8) is 0 Å². The summed E-state index contributed by atoms with van der Waals surface area (Å²) in [6, 6.07) is 9.50. The van der Waals surface area contributed by atoms with E-state index in [0.717, 1.165) is 25.7 Å². The highest BCUT2D eigenvalue weighted by molar-refractivity contribution is 5.46. The fraction of sp³-hybridized carbons (Fsp3) is 0.600. The maximum Gasteiger partial charge on any atom is 0.0434 e. The Morgan fingerprint density at radius 1 is 1.22 bits per heavy atom. The Morgan fingerprint density at radius 2 is 2.00 bits per heavy atom. The fourth-order valence-corrected chi connectivity index (χ4v) is 2.60. The van der Waals surface area contributed by atoms with Crippen LogP contribution >= 0.6 is 0 Å². The molecule has 0 aromatic heterocycles. The zero-order valence-electron chi connectivity index (χ0n) is 10.9. The van der Waals surface area contributed by atoms with Crippen molar-refractivity contribution in [3.8, 4) is 0 Å². The molecule has 100 valence electrons. The minimum absolute atomic E-state index is 0.262. The third-order valence-corrected chi connectivity index (χ3v) is 3.69. The van der Waals surface area contributed by atoms with Crippen molar-refractivity contribution in [1.82, 2.24) is 0 Å². The topological polar surface area (TPSA) is 58.3 Å². The van der Waals surface area contributed by atoms with Crippen LogP contribution in [0.1, 0.15) is 37.7 Å². The summed E-state index contributed by atoms with van der Waals surface area (Å²) in [5.74, 6) is 0. The van der Waals surface area contributed by atoms with Crippen LogP contribution in [0.5, 0.6) is 0 Å². The number of aliphatic hydroxyl groups is 1. The summed E-state index contributed by atoms with van der Waals surface area (Å²) < 4.78 is 0. The first kappa shape index (κ1) is 13.4. The Morgan fingerprint density at radius 3 is 2.72 bits per heavy atom. The lowest BCUT2D eigenvalue weighted by Crippen LogP contribution is -2.32. The van der Waals surface area contributed by atoms with Gasteiger partial charge in [-0.1, -0.05) is 12.1 Å². The standard InChI is InChI=1S/C15H24N2O/c16-13-6-8-14(9-7-13)17-15-5-1-3-12(11-15)4-2-10-18/h1,3,5,11,13-14,17-18H,2,4,6-10,16H2. The van der Waals surface area contributed by atoms with Crippen LogP contribution in [-0.2, 0) is 6.42 Å². The smallest absolute Gasteiger partial charge is 0.0434 e. The van der Waals surface area contributed by atoms with Crippen LogP contribution in [0, 0.1) is 0 Å². The molecule has 0 atom stereocenters. The maximum absolute atomic E-state index is 8.86. The molecule has 1 aliphatic rings. The lowest BCUT2D eigenvalue weighted by molar-refractivity contribution is 0.288. The molecule has 0 unspecified atom stereocenters. The van der Waals surface area contributed by atoms with Gasteiger partial charge in [-0.25, -0.2) is 0 Å². The van der Waals surface area contributed by atoms with Crippen molar-refractivity contribution in [2.75, 3.05) is 11.9 Å². The van der Waals surface area contributed by atoms with E-state index in [1.807, 2.05) is 0 Å². The van der Waals surface area contributed by atoms with Gasteiger partial charge in [0.2, 0.25) is 0 Å². The summed E-state index contributed by atoms with van der Waals surface area (Å²) in [7, 11) is 0. The number of benzene rings is 1. The van der Waals surface area contributed by atoms with Crippen LogP contribution in [0.4, 0.5) is 5.69 Å². The molecule has 3 nitrogen and oxygen atoms in total. The Hall–Kier alpha value is -1.06. The number of anilines is 1. The molecule has 0 spiro atoms. The largest absolute Gasteiger partial charge is 0.396 e. The second kappa shape index (κ2) is 6.76. The SMILES string of the molecule is NC1CCC(Nc2cccc(CCCO)c2)CC1. The molecule has 18 heavy (non-hydrogen) atoms. The van der Waals surface area contributed by atoms with Crippen LogP contribution in [0.3, 0.4) is 0 Å². The first-order valence-electron chi connectivity index (χ1n) is 7.00. The highest BCUT2D eigenvalue weighted by atomic mass is 16.2. The van der Waals surface area contributed by atoms with E-state index in [2.05, 4.69) is 29.6 Å². The van der Waals surface area contributed by atoms with Crippen molar-refractivity contribution in [1.29, 1.82) is 0 Å². The molecule has 0 saturated heterocycles. The van der Waals surface area contributed by atoms with Gasteiger partial charge in [0.05, 0.1) is 0 Å². The zero-order chi connectivity index (χ0) is 12.8. The van der Waals surface area contributed by atoms with Crippen molar-refractivity contribution >= 4 is 5.69 Å². The Kier molecular flexibility index (Phi) is 5.02. The molecule has 1 aromatic rings. The van der Waals surface area contributed by atoms with E-state index in [9.17, 15) is 0 Å². The highest BCUT2D eigenvalue weighted by Gasteiger charge is 2.17. The lowest BCUT2D eigenvalue weighted by atomic mass is 9.91. The number of rotatable bonds is 5. The van der Waals surface area contributed by atoms with E-state index in [1.54, 1.807) is 0 Å². The van der Waals surface area contributed by atoms with Crippen LogP contribution in [0.2, 0.25) is 0 Å². The maximum atomic E-state index is 8.86. The average molecular weight is 248 g/mol. The normalized spacial score (nSPS) is 23.9. The zero-order valence-corrected chi connectivity index (χ0v) is 10.9. The van der Waals surface area contributed by atoms with Gasteiger partial charge in [0, 0.05) is 24.4 Å². The molecule has 0 amide bonds. The Labute approximate surface area is 109 Å². The minimum Gasteiger partial charge on any atom is -0.396 e. The van der Waals surface area contributed by atoms with Gasteiger partial charge >= 0.3 is 0 Å². The molecule has 3 heteroatoms. The molecule has 1 aromatic carbocycles. The van der Waals surface area contributed by atoms with Crippen molar-refractivity contribution < 1.29 is 5.11 Å². The van der Waals surface area contributed by atoms with Gasteiger partial charge in [0.25, 0.3) is 0 Å². The quantitative estimate of drug-likeness (QED) is 0.749. The van der Waals surface area contributed by atoms with Gasteiger partial charge < -0.3 is 16.2 Å². The molecule has 0 bridgehead atoms. The van der Waals surface area contributed by atoms with E-state index in [4.69, 9.17) is 10.8 Å². The minimum atomic E-state index is 0.262. The summed E-state index contributed by atoms with van der Waals surface area (Å²) in [5, 5.41) is 12.5. The molecule has 2 rings (SSSR count). The average Bonchev–Trinajstić information content (AvgIpc) is 2.40. The predicted molar refractivity (Wildman–Crippen MR) is 75.7 cm³/mol. The van der Waals surface area contributed by atoms with Gasteiger partial charge in [-0.15, -0.1) is 0 Å². The molecule has 0 radical (unpaired) electrons. The van der Waals surface area contributed by atoms with Crippen LogP contribution in [0.25, 0.3) is 0 Å². The van der Waals surface area contributed by atoms with Gasteiger partial charge in [0.1, 0.15) is 0 Å². The summed E-state index contributed by atoms with van der Waals surface area (Å²) in [4.78, 5) is 0. The molecule has 1 saturated carbocycles. The van der Waals surface area contributed by atoms with Crippen LogP contribution in [-0.4, -0.2) is 23.8 Å². The van der Waals surface area contributed by atoms with Gasteiger partial charge in [-0.3, -0.25) is 0 Å². The number of hydrogen-bond acceptors (Lipinski definition) is 3. The van der Waals surface area contributed by atoms with Crippen molar-refractivity contribution in [3.05, 3.63) is 29.8 Å². The number of nitrogens with two attached hydrogens (primary N) is 1.